The van der Waals surface area contributed by atoms with Crippen LogP contribution in [-0.4, -0.2) is 0 Å². The Kier molecular flexibility index (Phi) is 6.60. The molecule has 0 amide bonds. The molecular formula is C50H32. The highest BCUT2D eigenvalue weighted by Crippen LogP contribution is 2.45. The molecule has 0 saturated carbocycles. The molecule has 0 radical (unpaired) electrons. The fourth-order valence-electron chi connectivity index (χ4n) is 8.09. The van der Waals surface area contributed by atoms with Crippen LogP contribution < -0.4 is 0 Å². The molecular weight excluding hydrogens is 601 g/mol. The lowest BCUT2D eigenvalue weighted by molar-refractivity contribution is 1.62. The van der Waals surface area contributed by atoms with Crippen molar-refractivity contribution in [3.05, 3.63) is 194 Å². The van der Waals surface area contributed by atoms with E-state index in [1.807, 2.05) is 0 Å². The Balaban J connectivity index is 1.11. The summed E-state index contributed by atoms with van der Waals surface area (Å²) < 4.78 is 0. The van der Waals surface area contributed by atoms with Crippen molar-refractivity contribution in [2.75, 3.05) is 0 Å². The van der Waals surface area contributed by atoms with E-state index >= 15 is 0 Å². The van der Waals surface area contributed by atoms with Gasteiger partial charge >= 0.3 is 0 Å². The second-order valence-electron chi connectivity index (χ2n) is 13.2. The van der Waals surface area contributed by atoms with Crippen LogP contribution in [0.5, 0.6) is 0 Å². The fraction of sp³-hybridized carbons (Fsp3) is 0. The lowest BCUT2D eigenvalue weighted by Crippen LogP contribution is -1.91. The van der Waals surface area contributed by atoms with Gasteiger partial charge < -0.3 is 0 Å². The smallest absolute Gasteiger partial charge is 0.00262 e. The van der Waals surface area contributed by atoms with Gasteiger partial charge in [0.1, 0.15) is 0 Å². The van der Waals surface area contributed by atoms with Crippen LogP contribution in [0.4, 0.5) is 0 Å². The van der Waals surface area contributed by atoms with E-state index in [1.54, 1.807) is 0 Å². The van der Waals surface area contributed by atoms with Crippen LogP contribution in [0.1, 0.15) is 0 Å². The van der Waals surface area contributed by atoms with Crippen molar-refractivity contribution in [2.24, 2.45) is 0 Å². The Bertz CT molecular complexity index is 2850. The summed E-state index contributed by atoms with van der Waals surface area (Å²) in [6, 6.07) is 71.3. The Morgan fingerprint density at radius 2 is 0.660 bits per heavy atom. The van der Waals surface area contributed by atoms with Crippen molar-refractivity contribution < 1.29 is 0 Å². The molecule has 0 unspecified atom stereocenters. The third-order valence-corrected chi connectivity index (χ3v) is 10.4. The summed E-state index contributed by atoms with van der Waals surface area (Å²) in [6.07, 6.45) is 0. The average Bonchev–Trinajstić information content (AvgIpc) is 3.19. The van der Waals surface area contributed by atoms with Crippen molar-refractivity contribution in [2.45, 2.75) is 0 Å². The Morgan fingerprint density at radius 1 is 0.200 bits per heavy atom. The van der Waals surface area contributed by atoms with E-state index in [0.29, 0.717) is 0 Å². The van der Waals surface area contributed by atoms with Gasteiger partial charge in [-0.1, -0.05) is 182 Å². The maximum absolute atomic E-state index is 2.37. The SMILES string of the molecule is c1cc(-c2cccc3ccccc23)cc(-c2c3ccccc3c(-c3ccc(-c4ccc5c(ccc6ccccc65)c4)cc3)c3ccccc23)c1. The molecule has 0 aliphatic rings. The van der Waals surface area contributed by atoms with Crippen molar-refractivity contribution in [3.63, 3.8) is 0 Å². The third-order valence-electron chi connectivity index (χ3n) is 10.4. The van der Waals surface area contributed by atoms with E-state index in [9.17, 15) is 0 Å². The maximum atomic E-state index is 2.37. The standard InChI is InChI=1S/C50H32/c1-3-16-41-34(11-1)13-10-22-43(41)38-14-9-15-40(32-38)50-47-20-7-5-18-45(47)49(46-19-6-8-21-48(46)50)36-26-23-33(24-27-36)37-29-30-44-39(31-37)28-25-35-12-2-4-17-42(35)44/h1-32H. The van der Waals surface area contributed by atoms with Gasteiger partial charge in [0.05, 0.1) is 0 Å². The number of hydrogen-bond acceptors (Lipinski definition) is 0. The maximum Gasteiger partial charge on any atom is -0.00262 e. The van der Waals surface area contributed by atoms with E-state index in [2.05, 4.69) is 194 Å². The van der Waals surface area contributed by atoms with Crippen LogP contribution in [-0.2, 0) is 0 Å². The summed E-state index contributed by atoms with van der Waals surface area (Å²) in [5.41, 5.74) is 9.96. The first-order chi connectivity index (χ1) is 24.8. The van der Waals surface area contributed by atoms with Gasteiger partial charge in [0, 0.05) is 0 Å². The summed E-state index contributed by atoms with van der Waals surface area (Å²) in [6.45, 7) is 0. The molecule has 10 rings (SSSR count). The second kappa shape index (κ2) is 11.6. The molecule has 0 heteroatoms. The van der Waals surface area contributed by atoms with Crippen LogP contribution in [0.25, 0.3) is 98.4 Å². The van der Waals surface area contributed by atoms with Crippen molar-refractivity contribution in [1.82, 2.24) is 0 Å². The Hall–Kier alpha value is -6.50. The lowest BCUT2D eigenvalue weighted by atomic mass is 9.85. The number of benzene rings is 10. The van der Waals surface area contributed by atoms with E-state index in [4.69, 9.17) is 0 Å². The van der Waals surface area contributed by atoms with Crippen molar-refractivity contribution in [3.8, 4) is 44.5 Å². The van der Waals surface area contributed by atoms with Crippen LogP contribution >= 0.6 is 0 Å². The molecule has 0 atom stereocenters. The highest BCUT2D eigenvalue weighted by molar-refractivity contribution is 6.21. The quantitative estimate of drug-likeness (QED) is 0.134. The zero-order chi connectivity index (χ0) is 33.0. The van der Waals surface area contributed by atoms with Gasteiger partial charge in [-0.25, -0.2) is 0 Å². The fourth-order valence-corrected chi connectivity index (χ4v) is 8.09. The monoisotopic (exact) mass is 632 g/mol. The Morgan fingerprint density at radius 3 is 1.36 bits per heavy atom. The van der Waals surface area contributed by atoms with Crippen LogP contribution in [0.3, 0.4) is 0 Å². The molecule has 232 valence electrons. The lowest BCUT2D eigenvalue weighted by Gasteiger charge is -2.18. The summed E-state index contributed by atoms with van der Waals surface area (Å²) in [7, 11) is 0. The third kappa shape index (κ3) is 4.61. The first-order valence-corrected chi connectivity index (χ1v) is 17.3. The highest BCUT2D eigenvalue weighted by Gasteiger charge is 2.17. The molecule has 0 spiro atoms. The predicted molar refractivity (Wildman–Crippen MR) is 216 cm³/mol. The molecule has 0 bridgehead atoms. The topological polar surface area (TPSA) is 0 Å². The first-order valence-electron chi connectivity index (χ1n) is 17.3. The van der Waals surface area contributed by atoms with Gasteiger partial charge in [-0.3, -0.25) is 0 Å². The first kappa shape index (κ1) is 28.5. The average molecular weight is 633 g/mol. The van der Waals surface area contributed by atoms with E-state index in [0.717, 1.165) is 0 Å². The van der Waals surface area contributed by atoms with Gasteiger partial charge in [-0.2, -0.15) is 0 Å². The predicted octanol–water partition coefficient (Wildman–Crippen LogP) is 14.1. The van der Waals surface area contributed by atoms with Crippen molar-refractivity contribution >= 4 is 53.9 Å². The van der Waals surface area contributed by atoms with E-state index in [-0.39, 0.29) is 0 Å². The number of fused-ring (bicyclic) bond motifs is 6. The molecule has 0 saturated heterocycles. The number of rotatable bonds is 4. The van der Waals surface area contributed by atoms with Crippen molar-refractivity contribution in [1.29, 1.82) is 0 Å². The molecule has 10 aromatic rings. The largest absolute Gasteiger partial charge is 0.0616 e. The van der Waals surface area contributed by atoms with E-state index < -0.39 is 0 Å². The summed E-state index contributed by atoms with van der Waals surface area (Å²) >= 11 is 0. The molecule has 0 fully saturated rings. The highest BCUT2D eigenvalue weighted by atomic mass is 14.2. The molecule has 50 heavy (non-hydrogen) atoms. The van der Waals surface area contributed by atoms with E-state index in [1.165, 1.54) is 98.4 Å². The zero-order valence-electron chi connectivity index (χ0n) is 27.5. The molecule has 0 aromatic heterocycles. The minimum Gasteiger partial charge on any atom is -0.0616 e. The molecule has 0 aliphatic heterocycles. The molecule has 10 aromatic carbocycles. The molecule has 0 aliphatic carbocycles. The summed E-state index contributed by atoms with van der Waals surface area (Å²) in [5, 5.41) is 12.7. The Labute approximate surface area is 291 Å². The van der Waals surface area contributed by atoms with Crippen LogP contribution in [0, 0.1) is 0 Å². The van der Waals surface area contributed by atoms with Gasteiger partial charge in [0.25, 0.3) is 0 Å². The van der Waals surface area contributed by atoms with Gasteiger partial charge in [0.15, 0.2) is 0 Å². The summed E-state index contributed by atoms with van der Waals surface area (Å²) in [5.74, 6) is 0. The van der Waals surface area contributed by atoms with Gasteiger partial charge in [-0.15, -0.1) is 0 Å². The number of hydrogen-bond donors (Lipinski definition) is 0. The van der Waals surface area contributed by atoms with Gasteiger partial charge in [-0.05, 0) is 111 Å². The van der Waals surface area contributed by atoms with Crippen LogP contribution in [0.2, 0.25) is 0 Å². The zero-order valence-corrected chi connectivity index (χ0v) is 27.5. The van der Waals surface area contributed by atoms with Crippen LogP contribution in [0.15, 0.2) is 194 Å². The molecule has 0 nitrogen and oxygen atoms in total. The normalized spacial score (nSPS) is 11.6. The molecule has 0 heterocycles. The minimum atomic E-state index is 1.22. The van der Waals surface area contributed by atoms with Gasteiger partial charge in [0.2, 0.25) is 0 Å². The summed E-state index contributed by atoms with van der Waals surface area (Å²) in [4.78, 5) is 0. The second-order valence-corrected chi connectivity index (χ2v) is 13.2. The molecule has 0 N–H and O–H groups in total. The minimum absolute atomic E-state index is 1.22.